The zero-order chi connectivity index (χ0) is 14.0. The van der Waals surface area contributed by atoms with Gasteiger partial charge in [-0.15, -0.1) is 11.3 Å². The highest BCUT2D eigenvalue weighted by atomic mass is 32.1. The van der Waals surface area contributed by atoms with Crippen molar-refractivity contribution < 1.29 is 14.7 Å². The van der Waals surface area contributed by atoms with Crippen LogP contribution in [0.15, 0.2) is 11.4 Å². The number of hydrogen-bond acceptors (Lipinski definition) is 3. The zero-order valence-corrected chi connectivity index (χ0v) is 12.0. The molecule has 0 aromatic carbocycles. The Hall–Kier alpha value is -1.36. The van der Waals surface area contributed by atoms with Gasteiger partial charge in [0.15, 0.2) is 0 Å². The summed E-state index contributed by atoms with van der Waals surface area (Å²) in [6.07, 6.45) is 3.24. The lowest BCUT2D eigenvalue weighted by molar-refractivity contribution is -0.145. The van der Waals surface area contributed by atoms with Crippen molar-refractivity contribution in [3.8, 4) is 0 Å². The highest BCUT2D eigenvalue weighted by Gasteiger charge is 2.42. The minimum atomic E-state index is -0.814. The first kappa shape index (κ1) is 14.1. The van der Waals surface area contributed by atoms with Crippen LogP contribution in [0.2, 0.25) is 0 Å². The van der Waals surface area contributed by atoms with Gasteiger partial charge >= 0.3 is 5.97 Å². The van der Waals surface area contributed by atoms with Gasteiger partial charge in [0.2, 0.25) is 0 Å². The first-order valence-electron chi connectivity index (χ1n) is 6.53. The normalized spacial score (nSPS) is 26.9. The molecule has 1 saturated carbocycles. The molecule has 2 rings (SSSR count). The molecule has 0 aliphatic heterocycles. The number of amides is 1. The molecule has 1 aliphatic rings. The Bertz CT molecular complexity index is 497. The second-order valence-electron chi connectivity index (χ2n) is 5.44. The summed E-state index contributed by atoms with van der Waals surface area (Å²) in [5, 5.41) is 14.2. The first-order valence-corrected chi connectivity index (χ1v) is 7.41. The van der Waals surface area contributed by atoms with E-state index in [1.807, 2.05) is 25.3 Å². The molecule has 0 radical (unpaired) electrons. The molecule has 4 nitrogen and oxygen atoms in total. The summed E-state index contributed by atoms with van der Waals surface area (Å²) in [5.41, 5.74) is 0.297. The van der Waals surface area contributed by atoms with Crippen LogP contribution in [0, 0.1) is 12.8 Å². The maximum absolute atomic E-state index is 12.3. The fourth-order valence-corrected chi connectivity index (χ4v) is 3.62. The van der Waals surface area contributed by atoms with Gasteiger partial charge in [0.25, 0.3) is 5.91 Å². The van der Waals surface area contributed by atoms with Crippen molar-refractivity contribution in [2.24, 2.45) is 5.92 Å². The first-order chi connectivity index (χ1) is 8.94. The second kappa shape index (κ2) is 5.33. The third-order valence-electron chi connectivity index (χ3n) is 3.97. The third kappa shape index (κ3) is 2.81. The molecule has 0 saturated heterocycles. The van der Waals surface area contributed by atoms with Gasteiger partial charge in [-0.05, 0) is 43.7 Å². The smallest absolute Gasteiger partial charge is 0.308 e. The van der Waals surface area contributed by atoms with Gasteiger partial charge in [-0.3, -0.25) is 9.59 Å². The van der Waals surface area contributed by atoms with E-state index in [0.717, 1.165) is 24.8 Å². The maximum Gasteiger partial charge on any atom is 0.308 e. The fourth-order valence-electron chi connectivity index (χ4n) is 2.80. The van der Waals surface area contributed by atoms with Gasteiger partial charge in [-0.1, -0.05) is 12.8 Å². The number of carboxylic acid groups (broad SMARTS) is 1. The van der Waals surface area contributed by atoms with E-state index in [4.69, 9.17) is 0 Å². The molecule has 0 spiro atoms. The molecule has 1 heterocycles. The van der Waals surface area contributed by atoms with E-state index < -0.39 is 17.4 Å². The molecule has 0 bridgehead atoms. The predicted molar refractivity (Wildman–Crippen MR) is 74.5 cm³/mol. The van der Waals surface area contributed by atoms with Crippen molar-refractivity contribution in [2.45, 2.75) is 45.1 Å². The summed E-state index contributed by atoms with van der Waals surface area (Å²) in [6, 6.07) is 1.90. The van der Waals surface area contributed by atoms with Crippen LogP contribution in [0.25, 0.3) is 0 Å². The molecule has 1 amide bonds. The SMILES string of the molecule is Cc1ccsc1C(=O)NC1(C)CCCCC1C(=O)O. The summed E-state index contributed by atoms with van der Waals surface area (Å²) >= 11 is 1.40. The molecule has 104 valence electrons. The summed E-state index contributed by atoms with van der Waals surface area (Å²) in [7, 11) is 0. The standard InChI is InChI=1S/C14H19NO3S/c1-9-6-8-19-11(9)12(16)15-14(2)7-4-3-5-10(14)13(17)18/h6,8,10H,3-5,7H2,1-2H3,(H,15,16)(H,17,18). The molecule has 1 aromatic heterocycles. The lowest BCUT2D eigenvalue weighted by Crippen LogP contribution is -2.55. The largest absolute Gasteiger partial charge is 0.481 e. The molecule has 1 fully saturated rings. The molecule has 5 heteroatoms. The number of aliphatic carboxylic acids is 1. The highest BCUT2D eigenvalue weighted by Crippen LogP contribution is 2.34. The van der Waals surface area contributed by atoms with Crippen LogP contribution in [0.1, 0.15) is 47.8 Å². The van der Waals surface area contributed by atoms with E-state index in [1.165, 1.54) is 11.3 Å². The van der Waals surface area contributed by atoms with Gasteiger partial charge in [-0.2, -0.15) is 0 Å². The van der Waals surface area contributed by atoms with Gasteiger partial charge in [0.05, 0.1) is 16.3 Å². The number of carbonyl (C=O) groups is 2. The van der Waals surface area contributed by atoms with Crippen molar-refractivity contribution in [3.63, 3.8) is 0 Å². The zero-order valence-electron chi connectivity index (χ0n) is 11.2. The van der Waals surface area contributed by atoms with E-state index in [0.29, 0.717) is 11.3 Å². The van der Waals surface area contributed by atoms with Crippen LogP contribution in [0.5, 0.6) is 0 Å². The molecule has 2 unspecified atom stereocenters. The Labute approximate surface area is 116 Å². The minimum absolute atomic E-state index is 0.150. The van der Waals surface area contributed by atoms with Crippen LogP contribution in [-0.4, -0.2) is 22.5 Å². The number of carbonyl (C=O) groups excluding carboxylic acids is 1. The Morgan fingerprint density at radius 2 is 2.21 bits per heavy atom. The van der Waals surface area contributed by atoms with E-state index in [-0.39, 0.29) is 5.91 Å². The topological polar surface area (TPSA) is 66.4 Å². The van der Waals surface area contributed by atoms with E-state index in [2.05, 4.69) is 5.32 Å². The quantitative estimate of drug-likeness (QED) is 0.895. The summed E-state index contributed by atoms with van der Waals surface area (Å²) in [4.78, 5) is 24.3. The van der Waals surface area contributed by atoms with Crippen LogP contribution in [-0.2, 0) is 4.79 Å². The van der Waals surface area contributed by atoms with Crippen LogP contribution >= 0.6 is 11.3 Å². The number of rotatable bonds is 3. The predicted octanol–water partition coefficient (Wildman–Crippen LogP) is 2.82. The van der Waals surface area contributed by atoms with Crippen molar-refractivity contribution >= 4 is 23.2 Å². The average molecular weight is 281 g/mol. The summed E-state index contributed by atoms with van der Waals surface area (Å²) in [5.74, 6) is -1.46. The van der Waals surface area contributed by atoms with Crippen molar-refractivity contribution in [1.29, 1.82) is 0 Å². The van der Waals surface area contributed by atoms with Gasteiger partial charge in [-0.25, -0.2) is 0 Å². The average Bonchev–Trinajstić information content (AvgIpc) is 2.75. The molecule has 1 aromatic rings. The number of thiophene rings is 1. The second-order valence-corrected chi connectivity index (χ2v) is 6.36. The molecular weight excluding hydrogens is 262 g/mol. The maximum atomic E-state index is 12.3. The minimum Gasteiger partial charge on any atom is -0.481 e. The summed E-state index contributed by atoms with van der Waals surface area (Å²) < 4.78 is 0. The summed E-state index contributed by atoms with van der Waals surface area (Å²) in [6.45, 7) is 3.75. The van der Waals surface area contributed by atoms with Gasteiger partial charge in [0, 0.05) is 0 Å². The van der Waals surface area contributed by atoms with Crippen molar-refractivity contribution in [2.75, 3.05) is 0 Å². The van der Waals surface area contributed by atoms with Crippen molar-refractivity contribution in [1.82, 2.24) is 5.32 Å². The fraction of sp³-hybridized carbons (Fsp3) is 0.571. The Morgan fingerprint density at radius 1 is 1.47 bits per heavy atom. The van der Waals surface area contributed by atoms with Gasteiger partial charge in [0.1, 0.15) is 0 Å². The lowest BCUT2D eigenvalue weighted by atomic mass is 9.74. The van der Waals surface area contributed by atoms with E-state index in [1.54, 1.807) is 0 Å². The van der Waals surface area contributed by atoms with Crippen LogP contribution in [0.4, 0.5) is 0 Å². The molecule has 19 heavy (non-hydrogen) atoms. The number of hydrogen-bond donors (Lipinski definition) is 2. The monoisotopic (exact) mass is 281 g/mol. The number of nitrogens with one attached hydrogen (secondary N) is 1. The molecule has 2 atom stereocenters. The Kier molecular flexibility index (Phi) is 3.94. The van der Waals surface area contributed by atoms with E-state index in [9.17, 15) is 14.7 Å². The highest BCUT2D eigenvalue weighted by molar-refractivity contribution is 7.12. The third-order valence-corrected chi connectivity index (χ3v) is 4.99. The molecule has 2 N–H and O–H groups in total. The number of carboxylic acids is 1. The Balaban J connectivity index is 2.17. The van der Waals surface area contributed by atoms with E-state index >= 15 is 0 Å². The number of aryl methyl sites for hydroxylation is 1. The van der Waals surface area contributed by atoms with Crippen LogP contribution in [0.3, 0.4) is 0 Å². The van der Waals surface area contributed by atoms with Crippen molar-refractivity contribution in [3.05, 3.63) is 21.9 Å². The molecule has 1 aliphatic carbocycles. The van der Waals surface area contributed by atoms with Gasteiger partial charge < -0.3 is 10.4 Å². The Morgan fingerprint density at radius 3 is 2.79 bits per heavy atom. The molecular formula is C14H19NO3S. The van der Waals surface area contributed by atoms with Crippen LogP contribution < -0.4 is 5.32 Å². The lowest BCUT2D eigenvalue weighted by Gasteiger charge is -2.39.